The van der Waals surface area contributed by atoms with E-state index in [-0.39, 0.29) is 18.4 Å². The van der Waals surface area contributed by atoms with Crippen molar-refractivity contribution >= 4 is 40.3 Å². The molecule has 6 heteroatoms. The monoisotopic (exact) mass is 386 g/mol. The summed E-state index contributed by atoms with van der Waals surface area (Å²) in [5.74, 6) is -0.386. The second-order valence-electron chi connectivity index (χ2n) is 6.57. The molecule has 0 N–H and O–H groups in total. The van der Waals surface area contributed by atoms with Gasteiger partial charge in [-0.2, -0.15) is 0 Å². The molecule has 0 atom stereocenters. The van der Waals surface area contributed by atoms with Crippen molar-refractivity contribution in [1.29, 1.82) is 0 Å². The van der Waals surface area contributed by atoms with Gasteiger partial charge in [0, 0.05) is 23.0 Å². The summed E-state index contributed by atoms with van der Waals surface area (Å²) >= 11 is 7.44. The number of carbonyl (C=O) groups excluding carboxylic acids is 2. The molecule has 134 valence electrons. The third-order valence-electron chi connectivity index (χ3n) is 4.84. The van der Waals surface area contributed by atoms with E-state index in [0.717, 1.165) is 36.4 Å². The van der Waals surface area contributed by atoms with Gasteiger partial charge in [-0.25, -0.2) is 0 Å². The summed E-state index contributed by atoms with van der Waals surface area (Å²) in [6.45, 7) is 1.93. The summed E-state index contributed by atoms with van der Waals surface area (Å²) < 4.78 is 0. The van der Waals surface area contributed by atoms with Crippen molar-refractivity contribution in [2.75, 3.05) is 13.1 Å². The van der Waals surface area contributed by atoms with Gasteiger partial charge in [-0.05, 0) is 48.4 Å². The Labute approximate surface area is 161 Å². The van der Waals surface area contributed by atoms with Crippen LogP contribution in [-0.4, -0.2) is 34.7 Å². The minimum atomic E-state index is -0.201. The summed E-state index contributed by atoms with van der Waals surface area (Å²) in [7, 11) is 0. The number of amides is 2. The second kappa shape index (κ2) is 7.25. The van der Waals surface area contributed by atoms with Crippen LogP contribution in [-0.2, 0) is 16.1 Å². The minimum Gasteiger partial charge on any atom is -0.366 e. The Morgan fingerprint density at radius 2 is 1.69 bits per heavy atom. The number of nitrogens with zero attached hydrogens (tertiary/aromatic N) is 2. The SMILES string of the molecule is O=C1C(c2cccs2)=C(N2CCCCC2)C(=O)N1Cc1ccc(Cl)cc1. The number of piperidine rings is 1. The quantitative estimate of drug-likeness (QED) is 0.740. The van der Waals surface area contributed by atoms with Gasteiger partial charge in [-0.1, -0.05) is 29.8 Å². The van der Waals surface area contributed by atoms with Crippen molar-refractivity contribution in [2.24, 2.45) is 0 Å². The van der Waals surface area contributed by atoms with E-state index in [2.05, 4.69) is 4.90 Å². The van der Waals surface area contributed by atoms with E-state index in [4.69, 9.17) is 11.6 Å². The largest absolute Gasteiger partial charge is 0.366 e. The molecule has 0 aliphatic carbocycles. The zero-order valence-corrected chi connectivity index (χ0v) is 15.9. The molecule has 0 bridgehead atoms. The van der Waals surface area contributed by atoms with Crippen molar-refractivity contribution in [2.45, 2.75) is 25.8 Å². The minimum absolute atomic E-state index is 0.185. The summed E-state index contributed by atoms with van der Waals surface area (Å²) in [5, 5.41) is 2.58. The molecule has 1 fully saturated rings. The van der Waals surface area contributed by atoms with Crippen LogP contribution in [0.5, 0.6) is 0 Å². The van der Waals surface area contributed by atoms with Crippen molar-refractivity contribution in [3.63, 3.8) is 0 Å². The smallest absolute Gasteiger partial charge is 0.278 e. The van der Waals surface area contributed by atoms with E-state index in [1.807, 2.05) is 29.6 Å². The number of carbonyl (C=O) groups is 2. The molecule has 26 heavy (non-hydrogen) atoms. The molecular formula is C20H19ClN2O2S. The molecule has 0 spiro atoms. The molecule has 0 unspecified atom stereocenters. The zero-order valence-electron chi connectivity index (χ0n) is 14.3. The van der Waals surface area contributed by atoms with Gasteiger partial charge in [-0.15, -0.1) is 11.3 Å². The lowest BCUT2D eigenvalue weighted by Gasteiger charge is -2.29. The lowest BCUT2D eigenvalue weighted by Crippen LogP contribution is -2.36. The molecule has 1 aromatic carbocycles. The van der Waals surface area contributed by atoms with Crippen molar-refractivity contribution in [3.05, 3.63) is 62.9 Å². The lowest BCUT2D eigenvalue weighted by atomic mass is 10.1. The third kappa shape index (κ3) is 3.17. The maximum Gasteiger partial charge on any atom is 0.278 e. The number of rotatable bonds is 4. The molecule has 2 aromatic rings. The Balaban J connectivity index is 1.69. The van der Waals surface area contributed by atoms with E-state index in [0.29, 0.717) is 16.3 Å². The number of benzene rings is 1. The first kappa shape index (κ1) is 17.3. The van der Waals surface area contributed by atoms with Gasteiger partial charge in [0.15, 0.2) is 0 Å². The van der Waals surface area contributed by atoms with Crippen LogP contribution in [0.25, 0.3) is 5.57 Å². The van der Waals surface area contributed by atoms with Crippen LogP contribution in [0.1, 0.15) is 29.7 Å². The van der Waals surface area contributed by atoms with Gasteiger partial charge in [0.2, 0.25) is 0 Å². The molecule has 3 heterocycles. The van der Waals surface area contributed by atoms with Gasteiger partial charge >= 0.3 is 0 Å². The van der Waals surface area contributed by atoms with E-state index < -0.39 is 0 Å². The van der Waals surface area contributed by atoms with Crippen LogP contribution >= 0.6 is 22.9 Å². The second-order valence-corrected chi connectivity index (χ2v) is 7.96. The van der Waals surface area contributed by atoms with Crippen LogP contribution in [0.15, 0.2) is 47.5 Å². The lowest BCUT2D eigenvalue weighted by molar-refractivity contribution is -0.138. The fraction of sp³-hybridized carbons (Fsp3) is 0.300. The van der Waals surface area contributed by atoms with Crippen LogP contribution in [0, 0.1) is 0 Å². The molecule has 1 saturated heterocycles. The molecule has 4 nitrogen and oxygen atoms in total. The highest BCUT2D eigenvalue weighted by Gasteiger charge is 2.42. The van der Waals surface area contributed by atoms with Crippen molar-refractivity contribution in [1.82, 2.24) is 9.80 Å². The molecule has 2 aliphatic heterocycles. The Hall–Kier alpha value is -2.11. The summed E-state index contributed by atoms with van der Waals surface area (Å²) in [6, 6.07) is 11.1. The molecule has 2 aliphatic rings. The molecule has 0 saturated carbocycles. The maximum atomic E-state index is 13.2. The van der Waals surface area contributed by atoms with Gasteiger partial charge < -0.3 is 4.90 Å². The van der Waals surface area contributed by atoms with Crippen LogP contribution in [0.4, 0.5) is 0 Å². The van der Waals surface area contributed by atoms with Gasteiger partial charge in [-0.3, -0.25) is 14.5 Å². The van der Waals surface area contributed by atoms with Crippen LogP contribution < -0.4 is 0 Å². The number of hydrogen-bond acceptors (Lipinski definition) is 4. The molecule has 0 radical (unpaired) electrons. The van der Waals surface area contributed by atoms with Crippen molar-refractivity contribution in [3.8, 4) is 0 Å². The van der Waals surface area contributed by atoms with Crippen LogP contribution in [0.3, 0.4) is 0 Å². The van der Waals surface area contributed by atoms with Crippen LogP contribution in [0.2, 0.25) is 5.02 Å². The van der Waals surface area contributed by atoms with Crippen molar-refractivity contribution < 1.29 is 9.59 Å². The normalized spacial score (nSPS) is 18.2. The van der Waals surface area contributed by atoms with E-state index >= 15 is 0 Å². The number of imide groups is 1. The number of thiophene rings is 1. The fourth-order valence-corrected chi connectivity index (χ4v) is 4.42. The molecule has 4 rings (SSSR count). The van der Waals surface area contributed by atoms with Gasteiger partial charge in [0.1, 0.15) is 5.70 Å². The first-order chi connectivity index (χ1) is 12.6. The molecule has 2 amide bonds. The first-order valence-electron chi connectivity index (χ1n) is 8.79. The molecule has 1 aromatic heterocycles. The Morgan fingerprint density at radius 1 is 0.962 bits per heavy atom. The van der Waals surface area contributed by atoms with E-state index in [1.54, 1.807) is 12.1 Å². The Bertz CT molecular complexity index is 852. The van der Waals surface area contributed by atoms with Gasteiger partial charge in [0.25, 0.3) is 11.8 Å². The summed E-state index contributed by atoms with van der Waals surface area (Å²) in [6.07, 6.45) is 3.29. The highest BCUT2D eigenvalue weighted by Crippen LogP contribution is 2.35. The summed E-state index contributed by atoms with van der Waals surface area (Å²) in [4.78, 5) is 30.6. The third-order valence-corrected chi connectivity index (χ3v) is 5.98. The topological polar surface area (TPSA) is 40.6 Å². The number of hydrogen-bond donors (Lipinski definition) is 0. The predicted molar refractivity (Wildman–Crippen MR) is 104 cm³/mol. The highest BCUT2D eigenvalue weighted by molar-refractivity contribution is 7.11. The molecular weight excluding hydrogens is 368 g/mol. The average Bonchev–Trinajstić information content (AvgIpc) is 3.26. The highest BCUT2D eigenvalue weighted by atomic mass is 35.5. The first-order valence-corrected chi connectivity index (χ1v) is 10.0. The maximum absolute atomic E-state index is 13.2. The zero-order chi connectivity index (χ0) is 18.1. The predicted octanol–water partition coefficient (Wildman–Crippen LogP) is 4.17. The fourth-order valence-electron chi connectivity index (χ4n) is 3.53. The Morgan fingerprint density at radius 3 is 2.35 bits per heavy atom. The van der Waals surface area contributed by atoms with E-state index in [1.165, 1.54) is 22.7 Å². The van der Waals surface area contributed by atoms with E-state index in [9.17, 15) is 9.59 Å². The van der Waals surface area contributed by atoms with Gasteiger partial charge in [0.05, 0.1) is 12.1 Å². The Kier molecular flexibility index (Phi) is 4.83. The number of likely N-dealkylation sites (tertiary alicyclic amines) is 1. The summed E-state index contributed by atoms with van der Waals surface area (Å²) in [5.41, 5.74) is 2.02. The average molecular weight is 387 g/mol. The standard InChI is InChI=1S/C20H19ClN2O2S/c21-15-8-6-14(7-9-15)13-23-19(24)17(16-5-4-12-26-16)18(20(23)25)22-10-2-1-3-11-22/h4-9,12H,1-3,10-11,13H2. The number of halogens is 1.